The Morgan fingerprint density at radius 1 is 0.588 bits per heavy atom. The van der Waals surface area contributed by atoms with Crippen LogP contribution < -0.4 is 5.73 Å². The van der Waals surface area contributed by atoms with Crippen molar-refractivity contribution in [2.75, 3.05) is 6.54 Å². The van der Waals surface area contributed by atoms with E-state index in [-0.39, 0.29) is 0 Å². The van der Waals surface area contributed by atoms with E-state index in [4.69, 9.17) is 5.73 Å². The van der Waals surface area contributed by atoms with Crippen LogP contribution in [0.3, 0.4) is 0 Å². The predicted octanol–water partition coefficient (Wildman–Crippen LogP) is 5.20. The molecule has 0 amide bonds. The first-order valence-corrected chi connectivity index (χ1v) is 7.72. The minimum atomic E-state index is 0.867. The number of unbranched alkanes of at least 4 members (excludes halogenated alkanes) is 12. The molecule has 0 atom stereocenters. The van der Waals surface area contributed by atoms with Gasteiger partial charge in [-0.1, -0.05) is 70.3 Å². The average molecular weight is 239 g/mol. The topological polar surface area (TPSA) is 26.0 Å². The standard InChI is InChI=1S/C16H33N/c1-2-3-4-5-6-7-8-9-10-11-12-13-14-15-16-17/h2H,1,3-17H2. The molecule has 0 fully saturated rings. The van der Waals surface area contributed by atoms with Gasteiger partial charge in [0.05, 0.1) is 0 Å². The van der Waals surface area contributed by atoms with E-state index in [1.807, 2.05) is 6.08 Å². The summed E-state index contributed by atoms with van der Waals surface area (Å²) in [6.45, 7) is 4.61. The lowest BCUT2D eigenvalue weighted by molar-refractivity contribution is 0.542. The molecule has 0 rings (SSSR count). The second kappa shape index (κ2) is 15.7. The lowest BCUT2D eigenvalue weighted by Crippen LogP contribution is -1.97. The SMILES string of the molecule is C=CCCCCCCCCCCCCCCN. The molecular weight excluding hydrogens is 206 g/mol. The summed E-state index contributed by atoms with van der Waals surface area (Å²) >= 11 is 0. The predicted molar refractivity (Wildman–Crippen MR) is 79.3 cm³/mol. The van der Waals surface area contributed by atoms with Gasteiger partial charge in [-0.15, -0.1) is 6.58 Å². The van der Waals surface area contributed by atoms with E-state index in [2.05, 4.69) is 6.58 Å². The number of rotatable bonds is 14. The Balaban J connectivity index is 2.87. The fraction of sp³-hybridized carbons (Fsp3) is 0.875. The molecule has 0 spiro atoms. The van der Waals surface area contributed by atoms with Gasteiger partial charge in [0.1, 0.15) is 0 Å². The van der Waals surface area contributed by atoms with Crippen molar-refractivity contribution in [3.63, 3.8) is 0 Å². The molecular formula is C16H33N. The van der Waals surface area contributed by atoms with Gasteiger partial charge in [-0.3, -0.25) is 0 Å². The van der Waals surface area contributed by atoms with Gasteiger partial charge in [0, 0.05) is 0 Å². The Labute approximate surface area is 109 Å². The third-order valence-electron chi connectivity index (χ3n) is 3.36. The van der Waals surface area contributed by atoms with E-state index >= 15 is 0 Å². The molecule has 0 bridgehead atoms. The lowest BCUT2D eigenvalue weighted by Gasteiger charge is -2.02. The Bertz CT molecular complexity index is 142. The van der Waals surface area contributed by atoms with Crippen molar-refractivity contribution in [1.82, 2.24) is 0 Å². The molecule has 0 aliphatic heterocycles. The molecule has 0 aliphatic carbocycles. The highest BCUT2D eigenvalue weighted by atomic mass is 14.5. The third kappa shape index (κ3) is 15.7. The Morgan fingerprint density at radius 3 is 1.29 bits per heavy atom. The zero-order chi connectivity index (χ0) is 12.6. The van der Waals surface area contributed by atoms with Crippen LogP contribution in [0.1, 0.15) is 83.5 Å². The first kappa shape index (κ1) is 16.7. The van der Waals surface area contributed by atoms with Gasteiger partial charge < -0.3 is 5.73 Å². The molecule has 0 saturated carbocycles. The average Bonchev–Trinajstić information content (AvgIpc) is 2.35. The summed E-state index contributed by atoms with van der Waals surface area (Å²) in [5.74, 6) is 0. The van der Waals surface area contributed by atoms with Crippen molar-refractivity contribution < 1.29 is 0 Å². The van der Waals surface area contributed by atoms with Gasteiger partial charge >= 0.3 is 0 Å². The second-order valence-corrected chi connectivity index (χ2v) is 5.11. The molecule has 0 aromatic heterocycles. The molecule has 0 aromatic rings. The molecule has 0 heterocycles. The maximum Gasteiger partial charge on any atom is -0.00773 e. The summed E-state index contributed by atoms with van der Waals surface area (Å²) < 4.78 is 0. The molecule has 0 aromatic carbocycles. The summed E-state index contributed by atoms with van der Waals surface area (Å²) in [4.78, 5) is 0. The Morgan fingerprint density at radius 2 is 0.941 bits per heavy atom. The van der Waals surface area contributed by atoms with Crippen LogP contribution >= 0.6 is 0 Å². The van der Waals surface area contributed by atoms with Gasteiger partial charge in [-0.05, 0) is 25.8 Å². The fourth-order valence-corrected chi connectivity index (χ4v) is 2.20. The molecule has 0 aliphatic rings. The van der Waals surface area contributed by atoms with Crippen LogP contribution in [0.4, 0.5) is 0 Å². The second-order valence-electron chi connectivity index (χ2n) is 5.11. The zero-order valence-corrected chi connectivity index (χ0v) is 11.8. The lowest BCUT2D eigenvalue weighted by atomic mass is 10.0. The maximum atomic E-state index is 5.46. The highest BCUT2D eigenvalue weighted by Gasteiger charge is 1.93. The normalized spacial score (nSPS) is 10.6. The van der Waals surface area contributed by atoms with Crippen LogP contribution in [0.15, 0.2) is 12.7 Å². The largest absolute Gasteiger partial charge is 0.330 e. The third-order valence-corrected chi connectivity index (χ3v) is 3.36. The van der Waals surface area contributed by atoms with Crippen molar-refractivity contribution in [3.05, 3.63) is 12.7 Å². The Hall–Kier alpha value is -0.300. The molecule has 102 valence electrons. The van der Waals surface area contributed by atoms with Crippen LogP contribution in [0.25, 0.3) is 0 Å². The fourth-order valence-electron chi connectivity index (χ4n) is 2.20. The highest BCUT2D eigenvalue weighted by molar-refractivity contribution is 4.65. The molecule has 0 unspecified atom stereocenters. The monoisotopic (exact) mass is 239 g/mol. The summed E-state index contributed by atoms with van der Waals surface area (Å²) in [7, 11) is 0. The number of allylic oxidation sites excluding steroid dienone is 1. The van der Waals surface area contributed by atoms with Crippen LogP contribution in [0.2, 0.25) is 0 Å². The van der Waals surface area contributed by atoms with Crippen molar-refractivity contribution in [2.45, 2.75) is 83.5 Å². The van der Waals surface area contributed by atoms with Gasteiger partial charge in [0.15, 0.2) is 0 Å². The minimum Gasteiger partial charge on any atom is -0.330 e. The first-order valence-electron chi connectivity index (χ1n) is 7.72. The highest BCUT2D eigenvalue weighted by Crippen LogP contribution is 2.12. The molecule has 0 saturated heterocycles. The van der Waals surface area contributed by atoms with Crippen LogP contribution in [-0.2, 0) is 0 Å². The van der Waals surface area contributed by atoms with Gasteiger partial charge in [0.2, 0.25) is 0 Å². The number of nitrogens with two attached hydrogens (primary N) is 1. The van der Waals surface area contributed by atoms with Gasteiger partial charge in [-0.2, -0.15) is 0 Å². The van der Waals surface area contributed by atoms with E-state index < -0.39 is 0 Å². The van der Waals surface area contributed by atoms with E-state index in [0.29, 0.717) is 0 Å². The van der Waals surface area contributed by atoms with Crippen molar-refractivity contribution >= 4 is 0 Å². The van der Waals surface area contributed by atoms with Crippen molar-refractivity contribution in [2.24, 2.45) is 5.73 Å². The molecule has 1 nitrogen and oxygen atoms in total. The minimum absolute atomic E-state index is 0.867. The van der Waals surface area contributed by atoms with Crippen molar-refractivity contribution in [3.8, 4) is 0 Å². The van der Waals surface area contributed by atoms with Gasteiger partial charge in [0.25, 0.3) is 0 Å². The quantitative estimate of drug-likeness (QED) is 0.327. The molecule has 1 heteroatoms. The summed E-state index contributed by atoms with van der Waals surface area (Å²) in [6, 6.07) is 0. The van der Waals surface area contributed by atoms with Crippen LogP contribution in [0.5, 0.6) is 0 Å². The maximum absolute atomic E-state index is 5.46. The van der Waals surface area contributed by atoms with E-state index in [0.717, 1.165) is 6.54 Å². The van der Waals surface area contributed by atoms with E-state index in [1.165, 1.54) is 83.5 Å². The van der Waals surface area contributed by atoms with Crippen LogP contribution in [0, 0.1) is 0 Å². The molecule has 0 radical (unpaired) electrons. The molecule has 17 heavy (non-hydrogen) atoms. The summed E-state index contributed by atoms with van der Waals surface area (Å²) in [5, 5.41) is 0. The van der Waals surface area contributed by atoms with E-state index in [9.17, 15) is 0 Å². The van der Waals surface area contributed by atoms with Crippen molar-refractivity contribution in [1.29, 1.82) is 0 Å². The van der Waals surface area contributed by atoms with Gasteiger partial charge in [-0.25, -0.2) is 0 Å². The number of hydrogen-bond acceptors (Lipinski definition) is 1. The summed E-state index contributed by atoms with van der Waals surface area (Å²) in [5.41, 5.74) is 5.46. The summed E-state index contributed by atoms with van der Waals surface area (Å²) in [6.07, 6.45) is 19.9. The smallest absolute Gasteiger partial charge is 0.00773 e. The first-order chi connectivity index (χ1) is 8.41. The Kier molecular flexibility index (Phi) is 15.4. The molecule has 2 N–H and O–H groups in total. The van der Waals surface area contributed by atoms with Crippen LogP contribution in [-0.4, -0.2) is 6.54 Å². The zero-order valence-electron chi connectivity index (χ0n) is 11.8. The number of hydrogen-bond donors (Lipinski definition) is 1. The van der Waals surface area contributed by atoms with E-state index in [1.54, 1.807) is 0 Å².